The number of carbonyl (C=O) groups is 1. The van der Waals surface area contributed by atoms with E-state index < -0.39 is 35.3 Å². The third-order valence-corrected chi connectivity index (χ3v) is 8.02. The van der Waals surface area contributed by atoms with Crippen molar-refractivity contribution in [3.05, 3.63) is 68.5 Å². The number of hydrogen-bond donors (Lipinski definition) is 1. The van der Waals surface area contributed by atoms with Crippen LogP contribution in [0.15, 0.2) is 46.1 Å². The van der Waals surface area contributed by atoms with E-state index in [1.807, 2.05) is 6.07 Å². The van der Waals surface area contributed by atoms with Crippen LogP contribution in [-0.4, -0.2) is 63.9 Å². The lowest BCUT2D eigenvalue weighted by atomic mass is 9.85. The number of carbonyl (C=O) groups excluding carboxylic acids is 1. The Morgan fingerprint density at radius 3 is 2.51 bits per heavy atom. The molecule has 3 fully saturated rings. The topological polar surface area (TPSA) is 118 Å². The van der Waals surface area contributed by atoms with E-state index in [9.17, 15) is 19.5 Å². The Bertz CT molecular complexity index is 1250. The zero-order valence-electron chi connectivity index (χ0n) is 22.5. The Balaban J connectivity index is 1.38. The lowest BCUT2D eigenvalue weighted by Gasteiger charge is -2.38. The van der Waals surface area contributed by atoms with Gasteiger partial charge in [-0.2, -0.15) is 0 Å². The molecule has 3 aliphatic heterocycles. The second kappa shape index (κ2) is 12.3. The van der Waals surface area contributed by atoms with Crippen LogP contribution < -0.4 is 11.2 Å². The summed E-state index contributed by atoms with van der Waals surface area (Å²) < 4.78 is 26.4. The first-order valence-electron chi connectivity index (χ1n) is 14.0. The van der Waals surface area contributed by atoms with Crippen LogP contribution in [0.2, 0.25) is 0 Å². The molecular weight excluding hydrogens is 504 g/mol. The Labute approximate surface area is 227 Å². The number of rotatable bonds is 9. The van der Waals surface area contributed by atoms with Crippen molar-refractivity contribution >= 4 is 5.78 Å². The van der Waals surface area contributed by atoms with E-state index in [1.165, 1.54) is 10.8 Å². The number of aromatic nitrogens is 2. The molecule has 0 aliphatic carbocycles. The standard InChI is InChI=1S/C29H38N2O8/c1-20-18-31(28(34)30(27(20)33)14-13-22(32)21-9-3-2-4-10-21)25-17-29(35,23-11-5-7-15-36-23)24(39-25)19-38-26-12-6-8-16-37-26/h2-4,9-10,18,23-26,35H,5-8,11-17,19H2,1H3/t23?,24-,25-,26?,29-/m1/s1. The number of benzene rings is 1. The van der Waals surface area contributed by atoms with Gasteiger partial charge < -0.3 is 24.1 Å². The summed E-state index contributed by atoms with van der Waals surface area (Å²) in [6.45, 7) is 2.85. The SMILES string of the molecule is Cc1cn([C@H]2C[C@@](O)(C3CCCCO3)[C@@H](COC3CCCCO3)O2)c(=O)n(CCC(=O)c2ccccc2)c1=O. The van der Waals surface area contributed by atoms with Crippen LogP contribution in [0.3, 0.4) is 0 Å². The number of ketones is 1. The summed E-state index contributed by atoms with van der Waals surface area (Å²) in [5, 5.41) is 11.9. The molecule has 2 aromatic rings. The van der Waals surface area contributed by atoms with E-state index in [1.54, 1.807) is 31.2 Å². The summed E-state index contributed by atoms with van der Waals surface area (Å²) in [6.07, 6.45) is 4.52. The lowest BCUT2D eigenvalue weighted by molar-refractivity contribution is -0.210. The fourth-order valence-corrected chi connectivity index (χ4v) is 5.77. The van der Waals surface area contributed by atoms with Gasteiger partial charge in [0.15, 0.2) is 12.1 Å². The quantitative estimate of drug-likeness (QED) is 0.481. The Morgan fingerprint density at radius 2 is 1.82 bits per heavy atom. The van der Waals surface area contributed by atoms with Crippen LogP contribution in [0.1, 0.15) is 73.5 Å². The van der Waals surface area contributed by atoms with Crippen molar-refractivity contribution in [3.8, 4) is 0 Å². The van der Waals surface area contributed by atoms with Crippen molar-refractivity contribution in [1.29, 1.82) is 0 Å². The molecule has 39 heavy (non-hydrogen) atoms. The van der Waals surface area contributed by atoms with Crippen molar-refractivity contribution in [1.82, 2.24) is 9.13 Å². The molecule has 212 valence electrons. The highest BCUT2D eigenvalue weighted by Crippen LogP contribution is 2.42. The van der Waals surface area contributed by atoms with Crippen molar-refractivity contribution in [2.45, 2.75) is 95.2 Å². The predicted octanol–water partition coefficient (Wildman–Crippen LogP) is 2.72. The first kappa shape index (κ1) is 27.9. The van der Waals surface area contributed by atoms with Gasteiger partial charge in [0.05, 0.1) is 12.7 Å². The summed E-state index contributed by atoms with van der Waals surface area (Å²) >= 11 is 0. The molecule has 0 spiro atoms. The van der Waals surface area contributed by atoms with E-state index in [0.29, 0.717) is 30.8 Å². The predicted molar refractivity (Wildman–Crippen MR) is 142 cm³/mol. The smallest absolute Gasteiger partial charge is 0.333 e. The molecule has 1 aromatic heterocycles. The maximum atomic E-state index is 13.5. The molecular formula is C29H38N2O8. The van der Waals surface area contributed by atoms with Crippen molar-refractivity contribution < 1.29 is 28.8 Å². The van der Waals surface area contributed by atoms with Gasteiger partial charge in [-0.1, -0.05) is 30.3 Å². The van der Waals surface area contributed by atoms with Crippen LogP contribution >= 0.6 is 0 Å². The molecule has 5 atom stereocenters. The fraction of sp³-hybridized carbons (Fsp3) is 0.621. The van der Waals surface area contributed by atoms with Gasteiger partial charge in [0, 0.05) is 49.9 Å². The summed E-state index contributed by atoms with van der Waals surface area (Å²) in [5.41, 5.74) is -1.54. The zero-order valence-corrected chi connectivity index (χ0v) is 22.5. The molecule has 2 unspecified atom stereocenters. The average Bonchev–Trinajstić information content (AvgIpc) is 3.32. The lowest BCUT2D eigenvalue weighted by Crippen LogP contribution is -2.53. The highest BCUT2D eigenvalue weighted by atomic mass is 16.7. The van der Waals surface area contributed by atoms with Crippen LogP contribution in [-0.2, 0) is 25.5 Å². The Kier molecular flexibility index (Phi) is 8.78. The van der Waals surface area contributed by atoms with Crippen molar-refractivity contribution in [2.75, 3.05) is 19.8 Å². The number of ether oxygens (including phenoxy) is 4. The van der Waals surface area contributed by atoms with Gasteiger partial charge in [-0.15, -0.1) is 0 Å². The first-order valence-corrected chi connectivity index (χ1v) is 14.0. The van der Waals surface area contributed by atoms with Crippen LogP contribution in [0.25, 0.3) is 0 Å². The maximum Gasteiger partial charge on any atom is 0.333 e. The zero-order chi connectivity index (χ0) is 27.4. The number of nitrogens with zero attached hydrogens (tertiary/aromatic N) is 2. The number of aryl methyl sites for hydroxylation is 1. The second-order valence-corrected chi connectivity index (χ2v) is 10.8. The minimum Gasteiger partial charge on any atom is -0.384 e. The van der Waals surface area contributed by atoms with Gasteiger partial charge in [0.2, 0.25) is 0 Å². The molecule has 0 amide bonds. The highest BCUT2D eigenvalue weighted by molar-refractivity contribution is 5.95. The molecule has 5 rings (SSSR count). The molecule has 3 saturated heterocycles. The van der Waals surface area contributed by atoms with E-state index >= 15 is 0 Å². The van der Waals surface area contributed by atoms with Gasteiger partial charge in [-0.25, -0.2) is 4.79 Å². The number of aliphatic hydroxyl groups is 1. The molecule has 1 aromatic carbocycles. The molecule has 1 N–H and O–H groups in total. The molecule has 0 bridgehead atoms. The van der Waals surface area contributed by atoms with Crippen molar-refractivity contribution in [3.63, 3.8) is 0 Å². The first-order chi connectivity index (χ1) is 18.9. The highest BCUT2D eigenvalue weighted by Gasteiger charge is 2.54. The minimum absolute atomic E-state index is 0.00580. The van der Waals surface area contributed by atoms with Gasteiger partial charge in [-0.3, -0.25) is 18.7 Å². The van der Waals surface area contributed by atoms with E-state index in [4.69, 9.17) is 18.9 Å². The molecule has 0 radical (unpaired) electrons. The fourth-order valence-electron chi connectivity index (χ4n) is 5.77. The molecule has 4 heterocycles. The van der Waals surface area contributed by atoms with Gasteiger partial charge in [0.25, 0.3) is 5.56 Å². The Morgan fingerprint density at radius 1 is 1.08 bits per heavy atom. The minimum atomic E-state index is -1.38. The van der Waals surface area contributed by atoms with Crippen LogP contribution in [0.4, 0.5) is 0 Å². The third-order valence-electron chi connectivity index (χ3n) is 8.02. The molecule has 0 saturated carbocycles. The summed E-state index contributed by atoms with van der Waals surface area (Å²) in [5.74, 6) is -0.155. The van der Waals surface area contributed by atoms with Gasteiger partial charge >= 0.3 is 5.69 Å². The average molecular weight is 543 g/mol. The maximum absolute atomic E-state index is 13.5. The van der Waals surface area contributed by atoms with E-state index in [0.717, 1.165) is 36.7 Å². The summed E-state index contributed by atoms with van der Waals surface area (Å²) in [4.78, 5) is 39.1. The second-order valence-electron chi connectivity index (χ2n) is 10.8. The monoisotopic (exact) mass is 542 g/mol. The van der Waals surface area contributed by atoms with Crippen LogP contribution in [0, 0.1) is 6.92 Å². The van der Waals surface area contributed by atoms with Crippen molar-refractivity contribution in [2.24, 2.45) is 0 Å². The Hall–Kier alpha value is -2.63. The van der Waals surface area contributed by atoms with E-state index in [2.05, 4.69) is 0 Å². The largest absolute Gasteiger partial charge is 0.384 e. The van der Waals surface area contributed by atoms with Gasteiger partial charge in [0.1, 0.15) is 17.9 Å². The summed E-state index contributed by atoms with van der Waals surface area (Å²) in [7, 11) is 0. The van der Waals surface area contributed by atoms with E-state index in [-0.39, 0.29) is 38.1 Å². The summed E-state index contributed by atoms with van der Waals surface area (Å²) in [6, 6.07) is 8.78. The molecule has 10 heteroatoms. The number of hydrogen-bond acceptors (Lipinski definition) is 8. The number of Topliss-reactive ketones (excluding diaryl/α,β-unsaturated/α-hetero) is 1. The molecule has 3 aliphatic rings. The third kappa shape index (κ3) is 6.10. The molecule has 10 nitrogen and oxygen atoms in total. The van der Waals surface area contributed by atoms with Crippen LogP contribution in [0.5, 0.6) is 0 Å². The van der Waals surface area contributed by atoms with Gasteiger partial charge in [-0.05, 0) is 45.4 Å². The normalized spacial score (nSPS) is 29.4.